The molecule has 0 heteroatoms. The zero-order chi connectivity index (χ0) is 8.91. The molecule has 0 nitrogen and oxygen atoms in total. The molecule has 0 aliphatic carbocycles. The van der Waals surface area contributed by atoms with Crippen molar-refractivity contribution in [1.29, 1.82) is 0 Å². The number of rotatable bonds is 2. The standard InChI is InChI=1S/C11H20/c1-6-8-10(7-2)9-11(3,4)5/h6-8H,9H2,1-5H3/b8-6-,10-7+. The van der Waals surface area contributed by atoms with E-state index >= 15 is 0 Å². The van der Waals surface area contributed by atoms with Gasteiger partial charge in [0.15, 0.2) is 0 Å². The summed E-state index contributed by atoms with van der Waals surface area (Å²) in [4.78, 5) is 0. The minimum absolute atomic E-state index is 0.404. The Bertz CT molecular complexity index is 153. The van der Waals surface area contributed by atoms with Crippen LogP contribution in [-0.4, -0.2) is 0 Å². The van der Waals surface area contributed by atoms with Crippen LogP contribution >= 0.6 is 0 Å². The van der Waals surface area contributed by atoms with Crippen molar-refractivity contribution in [3.8, 4) is 0 Å². The monoisotopic (exact) mass is 152 g/mol. The first-order valence-corrected chi connectivity index (χ1v) is 4.27. The second-order valence-electron chi connectivity index (χ2n) is 4.10. The minimum Gasteiger partial charge on any atom is -0.0874 e. The van der Waals surface area contributed by atoms with Gasteiger partial charge in [-0.3, -0.25) is 0 Å². The summed E-state index contributed by atoms with van der Waals surface area (Å²) in [6, 6.07) is 0. The molecule has 0 fully saturated rings. The van der Waals surface area contributed by atoms with Crippen LogP contribution in [0.25, 0.3) is 0 Å². The predicted octanol–water partition coefficient (Wildman–Crippen LogP) is 3.95. The van der Waals surface area contributed by atoms with Gasteiger partial charge in [-0.1, -0.05) is 44.6 Å². The number of allylic oxidation sites excluding steroid dienone is 4. The quantitative estimate of drug-likeness (QED) is 0.526. The van der Waals surface area contributed by atoms with Crippen LogP contribution in [0.15, 0.2) is 23.8 Å². The van der Waals surface area contributed by atoms with Crippen LogP contribution in [0, 0.1) is 5.41 Å². The van der Waals surface area contributed by atoms with E-state index in [9.17, 15) is 0 Å². The molecule has 0 amide bonds. The van der Waals surface area contributed by atoms with Crippen molar-refractivity contribution in [2.45, 2.75) is 41.0 Å². The average molecular weight is 152 g/mol. The summed E-state index contributed by atoms with van der Waals surface area (Å²) in [5.74, 6) is 0. The summed E-state index contributed by atoms with van der Waals surface area (Å²) in [5, 5.41) is 0. The van der Waals surface area contributed by atoms with Crippen LogP contribution in [-0.2, 0) is 0 Å². The van der Waals surface area contributed by atoms with Crippen LogP contribution < -0.4 is 0 Å². The third-order valence-electron chi connectivity index (χ3n) is 1.49. The average Bonchev–Trinajstić information content (AvgIpc) is 1.84. The van der Waals surface area contributed by atoms with Crippen LogP contribution in [0.1, 0.15) is 41.0 Å². The lowest BCUT2D eigenvalue weighted by Gasteiger charge is -2.18. The summed E-state index contributed by atoms with van der Waals surface area (Å²) >= 11 is 0. The van der Waals surface area contributed by atoms with Gasteiger partial charge >= 0.3 is 0 Å². The maximum absolute atomic E-state index is 2.26. The molecule has 0 radical (unpaired) electrons. The Morgan fingerprint density at radius 1 is 1.18 bits per heavy atom. The Morgan fingerprint density at radius 2 is 1.73 bits per heavy atom. The highest BCUT2D eigenvalue weighted by molar-refractivity contribution is 5.18. The molecule has 64 valence electrons. The van der Waals surface area contributed by atoms with E-state index in [1.54, 1.807) is 0 Å². The number of hydrogen-bond donors (Lipinski definition) is 0. The molecule has 0 rings (SSSR count). The molecule has 11 heavy (non-hydrogen) atoms. The van der Waals surface area contributed by atoms with Crippen molar-refractivity contribution in [3.05, 3.63) is 23.8 Å². The lowest BCUT2D eigenvalue weighted by atomic mass is 9.88. The van der Waals surface area contributed by atoms with E-state index in [0.717, 1.165) is 6.42 Å². The zero-order valence-electron chi connectivity index (χ0n) is 8.44. The molecule has 0 aliphatic rings. The largest absolute Gasteiger partial charge is 0.0874 e. The summed E-state index contributed by atoms with van der Waals surface area (Å²) in [6.45, 7) is 11.0. The molecule has 0 N–H and O–H groups in total. The first-order chi connectivity index (χ1) is 4.99. The molecule has 0 saturated carbocycles. The molecule has 0 saturated heterocycles. The van der Waals surface area contributed by atoms with E-state index in [0.29, 0.717) is 5.41 Å². The Labute approximate surface area is 71.0 Å². The van der Waals surface area contributed by atoms with Crippen LogP contribution in [0.3, 0.4) is 0 Å². The lowest BCUT2D eigenvalue weighted by molar-refractivity contribution is 0.413. The van der Waals surface area contributed by atoms with E-state index in [-0.39, 0.29) is 0 Å². The van der Waals surface area contributed by atoms with Gasteiger partial charge in [0.1, 0.15) is 0 Å². The van der Waals surface area contributed by atoms with Crippen LogP contribution in [0.4, 0.5) is 0 Å². The van der Waals surface area contributed by atoms with Crippen molar-refractivity contribution in [2.24, 2.45) is 5.41 Å². The van der Waals surface area contributed by atoms with Gasteiger partial charge in [0.05, 0.1) is 0 Å². The second kappa shape index (κ2) is 4.38. The van der Waals surface area contributed by atoms with E-state index in [2.05, 4.69) is 52.8 Å². The van der Waals surface area contributed by atoms with E-state index < -0.39 is 0 Å². The third-order valence-corrected chi connectivity index (χ3v) is 1.49. The lowest BCUT2D eigenvalue weighted by Crippen LogP contribution is -2.05. The van der Waals surface area contributed by atoms with Gasteiger partial charge in [0.25, 0.3) is 0 Å². The Balaban J connectivity index is 4.12. The topological polar surface area (TPSA) is 0 Å². The van der Waals surface area contributed by atoms with E-state index in [1.807, 2.05) is 0 Å². The molecule has 0 aromatic carbocycles. The molecular weight excluding hydrogens is 132 g/mol. The predicted molar refractivity (Wildman–Crippen MR) is 52.6 cm³/mol. The van der Waals surface area contributed by atoms with Crippen molar-refractivity contribution in [2.75, 3.05) is 0 Å². The summed E-state index contributed by atoms with van der Waals surface area (Å²) in [5.41, 5.74) is 1.83. The summed E-state index contributed by atoms with van der Waals surface area (Å²) < 4.78 is 0. The Hall–Kier alpha value is -0.520. The molecule has 0 bridgehead atoms. The van der Waals surface area contributed by atoms with Gasteiger partial charge in [-0.05, 0) is 25.7 Å². The fourth-order valence-electron chi connectivity index (χ4n) is 1.08. The van der Waals surface area contributed by atoms with Crippen molar-refractivity contribution >= 4 is 0 Å². The van der Waals surface area contributed by atoms with Gasteiger partial charge < -0.3 is 0 Å². The van der Waals surface area contributed by atoms with Crippen LogP contribution in [0.2, 0.25) is 0 Å². The fourth-order valence-corrected chi connectivity index (χ4v) is 1.08. The van der Waals surface area contributed by atoms with E-state index in [4.69, 9.17) is 0 Å². The molecule has 0 aromatic heterocycles. The molecule has 0 aliphatic heterocycles. The minimum atomic E-state index is 0.404. The fraction of sp³-hybridized carbons (Fsp3) is 0.636. The second-order valence-corrected chi connectivity index (χ2v) is 4.10. The van der Waals surface area contributed by atoms with Gasteiger partial charge in [-0.25, -0.2) is 0 Å². The third kappa shape index (κ3) is 5.90. The Morgan fingerprint density at radius 3 is 2.00 bits per heavy atom. The van der Waals surface area contributed by atoms with E-state index in [1.165, 1.54) is 5.57 Å². The summed E-state index contributed by atoms with van der Waals surface area (Å²) in [7, 11) is 0. The highest BCUT2D eigenvalue weighted by Crippen LogP contribution is 2.24. The molecule has 0 unspecified atom stereocenters. The first kappa shape index (κ1) is 10.5. The molecule has 0 atom stereocenters. The van der Waals surface area contributed by atoms with Gasteiger partial charge in [-0.2, -0.15) is 0 Å². The van der Waals surface area contributed by atoms with Crippen molar-refractivity contribution in [3.63, 3.8) is 0 Å². The first-order valence-electron chi connectivity index (χ1n) is 4.27. The van der Waals surface area contributed by atoms with Crippen molar-refractivity contribution < 1.29 is 0 Å². The zero-order valence-corrected chi connectivity index (χ0v) is 8.44. The Kier molecular flexibility index (Phi) is 4.17. The van der Waals surface area contributed by atoms with Crippen LogP contribution in [0.5, 0.6) is 0 Å². The molecule has 0 heterocycles. The van der Waals surface area contributed by atoms with Gasteiger partial charge in [0.2, 0.25) is 0 Å². The summed E-state index contributed by atoms with van der Waals surface area (Å²) in [6.07, 6.45) is 7.63. The highest BCUT2D eigenvalue weighted by atomic mass is 14.2. The highest BCUT2D eigenvalue weighted by Gasteiger charge is 2.10. The maximum atomic E-state index is 2.26. The molecule has 0 aromatic rings. The maximum Gasteiger partial charge on any atom is -0.0233 e. The van der Waals surface area contributed by atoms with Gasteiger partial charge in [-0.15, -0.1) is 0 Å². The molecule has 0 spiro atoms. The van der Waals surface area contributed by atoms with Gasteiger partial charge in [0, 0.05) is 0 Å². The smallest absolute Gasteiger partial charge is 0.0233 e. The number of hydrogen-bond acceptors (Lipinski definition) is 0. The molecular formula is C11H20. The normalized spacial score (nSPS) is 14.5. The van der Waals surface area contributed by atoms with Crippen molar-refractivity contribution in [1.82, 2.24) is 0 Å². The SMILES string of the molecule is C/C=C\C(=C/C)CC(C)(C)C.